The van der Waals surface area contributed by atoms with Crippen LogP contribution in [0.15, 0.2) is 0 Å². The number of esters is 1. The summed E-state index contributed by atoms with van der Waals surface area (Å²) < 4.78 is 5.11. The number of aromatic nitrogens is 2. The highest BCUT2D eigenvalue weighted by atomic mass is 35.5. The number of carbonyl (C=O) groups is 2. The van der Waals surface area contributed by atoms with E-state index in [0.717, 1.165) is 17.4 Å². The Balaban J connectivity index is 2.04. The second kappa shape index (κ2) is 6.90. The van der Waals surface area contributed by atoms with Crippen LogP contribution in [0.5, 0.6) is 0 Å². The monoisotopic (exact) mass is 368 g/mol. The fourth-order valence-corrected chi connectivity index (χ4v) is 4.04. The first kappa shape index (κ1) is 16.9. The Kier molecular flexibility index (Phi) is 4.86. The van der Waals surface area contributed by atoms with Gasteiger partial charge in [0.25, 0.3) is 0 Å². The van der Waals surface area contributed by atoms with E-state index in [1.54, 1.807) is 11.8 Å². The predicted molar refractivity (Wildman–Crippen MR) is 93.0 cm³/mol. The number of piperazine rings is 1. The molecule has 0 aliphatic carbocycles. The van der Waals surface area contributed by atoms with Gasteiger partial charge in [0.1, 0.15) is 15.5 Å². The van der Waals surface area contributed by atoms with Crippen LogP contribution in [0.25, 0.3) is 10.2 Å². The second-order valence-corrected chi connectivity index (χ2v) is 6.74. The SMILES string of the molecule is CCOC(=O)c1sc2nc(Cl)nc(N3CCN(C=O)CC3)c2c1C. The van der Waals surface area contributed by atoms with E-state index in [9.17, 15) is 9.59 Å². The van der Waals surface area contributed by atoms with Gasteiger partial charge in [-0.2, -0.15) is 4.98 Å². The van der Waals surface area contributed by atoms with Gasteiger partial charge in [-0.15, -0.1) is 11.3 Å². The second-order valence-electron chi connectivity index (χ2n) is 5.40. The van der Waals surface area contributed by atoms with Gasteiger partial charge in [-0.25, -0.2) is 9.78 Å². The molecule has 7 nitrogen and oxygen atoms in total. The molecule has 3 heterocycles. The number of ether oxygens (including phenoxy) is 1. The maximum Gasteiger partial charge on any atom is 0.348 e. The summed E-state index contributed by atoms with van der Waals surface area (Å²) in [6, 6.07) is 0. The third kappa shape index (κ3) is 3.03. The molecular weight excluding hydrogens is 352 g/mol. The number of amides is 1. The minimum atomic E-state index is -0.356. The maximum absolute atomic E-state index is 12.1. The summed E-state index contributed by atoms with van der Waals surface area (Å²) in [5.74, 6) is 0.352. The van der Waals surface area contributed by atoms with Crippen molar-refractivity contribution in [1.82, 2.24) is 14.9 Å². The first-order chi connectivity index (χ1) is 11.5. The molecule has 0 N–H and O–H groups in total. The van der Waals surface area contributed by atoms with Crippen molar-refractivity contribution in [3.8, 4) is 0 Å². The van der Waals surface area contributed by atoms with Gasteiger partial charge in [0.05, 0.1) is 12.0 Å². The average molecular weight is 369 g/mol. The molecular formula is C15H17ClN4O3S. The molecule has 24 heavy (non-hydrogen) atoms. The number of hydrogen-bond donors (Lipinski definition) is 0. The first-order valence-electron chi connectivity index (χ1n) is 7.63. The Morgan fingerprint density at radius 2 is 2.04 bits per heavy atom. The largest absolute Gasteiger partial charge is 0.462 e. The van der Waals surface area contributed by atoms with Crippen molar-refractivity contribution < 1.29 is 14.3 Å². The number of hydrogen-bond acceptors (Lipinski definition) is 7. The Morgan fingerprint density at radius 3 is 2.67 bits per heavy atom. The lowest BCUT2D eigenvalue weighted by molar-refractivity contribution is -0.118. The van der Waals surface area contributed by atoms with Crippen LogP contribution in [0.1, 0.15) is 22.2 Å². The van der Waals surface area contributed by atoms with Crippen LogP contribution in [0.4, 0.5) is 5.82 Å². The molecule has 9 heteroatoms. The van der Waals surface area contributed by atoms with Gasteiger partial charge < -0.3 is 14.5 Å². The number of carbonyl (C=O) groups excluding carboxylic acids is 2. The molecule has 0 radical (unpaired) electrons. The highest BCUT2D eigenvalue weighted by molar-refractivity contribution is 7.20. The van der Waals surface area contributed by atoms with Crippen LogP contribution < -0.4 is 4.90 Å². The number of halogens is 1. The molecule has 0 aromatic carbocycles. The zero-order valence-corrected chi connectivity index (χ0v) is 15.0. The van der Waals surface area contributed by atoms with Gasteiger partial charge >= 0.3 is 5.97 Å². The molecule has 1 aliphatic rings. The summed E-state index contributed by atoms with van der Waals surface area (Å²) in [6.07, 6.45) is 0.856. The van der Waals surface area contributed by atoms with Crippen molar-refractivity contribution in [3.05, 3.63) is 15.7 Å². The van der Waals surface area contributed by atoms with Crippen LogP contribution in [-0.2, 0) is 9.53 Å². The molecule has 0 saturated carbocycles. The molecule has 1 fully saturated rings. The van der Waals surface area contributed by atoms with Gasteiger partial charge in [0.15, 0.2) is 0 Å². The molecule has 1 saturated heterocycles. The maximum atomic E-state index is 12.1. The van der Waals surface area contributed by atoms with Crippen molar-refractivity contribution in [2.75, 3.05) is 37.7 Å². The van der Waals surface area contributed by atoms with Crippen LogP contribution in [0, 0.1) is 6.92 Å². The van der Waals surface area contributed by atoms with E-state index in [2.05, 4.69) is 14.9 Å². The van der Waals surface area contributed by atoms with Crippen LogP contribution in [-0.4, -0.2) is 60.0 Å². The van der Waals surface area contributed by atoms with Gasteiger partial charge in [-0.1, -0.05) is 0 Å². The van der Waals surface area contributed by atoms with E-state index in [0.29, 0.717) is 48.3 Å². The molecule has 0 spiro atoms. The lowest BCUT2D eigenvalue weighted by Crippen LogP contribution is -2.46. The summed E-state index contributed by atoms with van der Waals surface area (Å²) in [4.78, 5) is 36.6. The van der Waals surface area contributed by atoms with E-state index in [1.165, 1.54) is 11.3 Å². The minimum Gasteiger partial charge on any atom is -0.462 e. The first-order valence-corrected chi connectivity index (χ1v) is 8.82. The average Bonchev–Trinajstić information content (AvgIpc) is 2.91. The standard InChI is InChI=1S/C15H17ClN4O3S/c1-3-23-14(22)11-9(2)10-12(17-15(16)18-13(10)24-11)20-6-4-19(8-21)5-7-20/h8H,3-7H2,1-2H3. The lowest BCUT2D eigenvalue weighted by atomic mass is 10.2. The normalized spacial score (nSPS) is 15.0. The Bertz CT molecular complexity index is 787. The molecule has 1 amide bonds. The lowest BCUT2D eigenvalue weighted by Gasteiger charge is -2.33. The number of thiophene rings is 1. The van der Waals surface area contributed by atoms with Gasteiger partial charge in [0.2, 0.25) is 11.7 Å². The van der Waals surface area contributed by atoms with Crippen LogP contribution >= 0.6 is 22.9 Å². The fourth-order valence-electron chi connectivity index (χ4n) is 2.75. The zero-order chi connectivity index (χ0) is 17.3. The number of aryl methyl sites for hydroxylation is 1. The van der Waals surface area contributed by atoms with Crippen molar-refractivity contribution in [1.29, 1.82) is 0 Å². The molecule has 0 unspecified atom stereocenters. The molecule has 2 aromatic rings. The predicted octanol–water partition coefficient (Wildman–Crippen LogP) is 2.11. The van der Waals surface area contributed by atoms with Crippen molar-refractivity contribution >= 4 is 51.4 Å². The third-order valence-corrected chi connectivity index (χ3v) is 5.30. The highest BCUT2D eigenvalue weighted by Crippen LogP contribution is 2.36. The Hall–Kier alpha value is -1.93. The molecule has 1 aliphatic heterocycles. The molecule has 0 bridgehead atoms. The summed E-state index contributed by atoms with van der Waals surface area (Å²) in [5, 5.41) is 0.971. The molecule has 2 aromatic heterocycles. The van der Waals surface area contributed by atoms with E-state index in [4.69, 9.17) is 16.3 Å². The number of nitrogens with zero attached hydrogens (tertiary/aromatic N) is 4. The number of rotatable bonds is 4. The minimum absolute atomic E-state index is 0.145. The summed E-state index contributed by atoms with van der Waals surface area (Å²) >= 11 is 7.34. The smallest absolute Gasteiger partial charge is 0.348 e. The zero-order valence-electron chi connectivity index (χ0n) is 13.4. The summed E-state index contributed by atoms with van der Waals surface area (Å²) in [5.41, 5.74) is 0.804. The highest BCUT2D eigenvalue weighted by Gasteiger charge is 2.25. The Morgan fingerprint density at radius 1 is 1.33 bits per heavy atom. The topological polar surface area (TPSA) is 75.6 Å². The van der Waals surface area contributed by atoms with E-state index in [-0.39, 0.29) is 11.3 Å². The van der Waals surface area contributed by atoms with E-state index >= 15 is 0 Å². The van der Waals surface area contributed by atoms with E-state index in [1.807, 2.05) is 6.92 Å². The van der Waals surface area contributed by atoms with Crippen molar-refractivity contribution in [3.63, 3.8) is 0 Å². The summed E-state index contributed by atoms with van der Waals surface area (Å²) in [6.45, 7) is 6.53. The number of anilines is 1. The molecule has 0 atom stereocenters. The molecule has 3 rings (SSSR count). The van der Waals surface area contributed by atoms with Gasteiger partial charge in [-0.3, -0.25) is 4.79 Å². The van der Waals surface area contributed by atoms with Crippen LogP contribution in [0.2, 0.25) is 5.28 Å². The fraction of sp³-hybridized carbons (Fsp3) is 0.467. The number of fused-ring (bicyclic) bond motifs is 1. The van der Waals surface area contributed by atoms with Crippen molar-refractivity contribution in [2.24, 2.45) is 0 Å². The third-order valence-electron chi connectivity index (χ3n) is 3.97. The van der Waals surface area contributed by atoms with Crippen LogP contribution in [0.3, 0.4) is 0 Å². The van der Waals surface area contributed by atoms with Gasteiger partial charge in [-0.05, 0) is 31.0 Å². The van der Waals surface area contributed by atoms with E-state index < -0.39 is 0 Å². The summed E-state index contributed by atoms with van der Waals surface area (Å²) in [7, 11) is 0. The quantitative estimate of drug-likeness (QED) is 0.467. The molecule has 128 valence electrons. The van der Waals surface area contributed by atoms with Gasteiger partial charge in [0, 0.05) is 26.2 Å². The van der Waals surface area contributed by atoms with Crippen molar-refractivity contribution in [2.45, 2.75) is 13.8 Å². The Labute approximate surface area is 148 Å².